The molecule has 11 nitrogen and oxygen atoms in total. The molecule has 11 heteroatoms. The third-order valence-electron chi connectivity index (χ3n) is 4.84. The lowest BCUT2D eigenvalue weighted by Crippen LogP contribution is -2.49. The van der Waals surface area contributed by atoms with Gasteiger partial charge in [-0.3, -0.25) is 14.9 Å². The first-order valence-corrected chi connectivity index (χ1v) is 8.99. The van der Waals surface area contributed by atoms with E-state index in [1.54, 1.807) is 35.0 Å². The first-order valence-electron chi connectivity index (χ1n) is 8.99. The van der Waals surface area contributed by atoms with Crippen LogP contribution in [0.3, 0.4) is 0 Å². The van der Waals surface area contributed by atoms with E-state index in [0.717, 1.165) is 5.82 Å². The van der Waals surface area contributed by atoms with Crippen molar-refractivity contribution in [1.82, 2.24) is 29.6 Å². The summed E-state index contributed by atoms with van der Waals surface area (Å²) in [5.74, 6) is 1.14. The van der Waals surface area contributed by atoms with Crippen molar-refractivity contribution >= 4 is 17.4 Å². The molecule has 0 saturated carbocycles. The van der Waals surface area contributed by atoms with E-state index in [1.165, 1.54) is 18.7 Å². The van der Waals surface area contributed by atoms with Crippen molar-refractivity contribution in [2.45, 2.75) is 6.92 Å². The smallest absolute Gasteiger partial charge is 0.273 e. The molecule has 3 aromatic rings. The highest BCUT2D eigenvalue weighted by atomic mass is 16.6. The number of hydrogen-bond acceptors (Lipinski definition) is 8. The summed E-state index contributed by atoms with van der Waals surface area (Å²) in [5, 5.41) is 15.2. The van der Waals surface area contributed by atoms with Gasteiger partial charge in [0.15, 0.2) is 5.82 Å². The van der Waals surface area contributed by atoms with Crippen LogP contribution in [0.4, 0.5) is 11.5 Å². The van der Waals surface area contributed by atoms with Crippen molar-refractivity contribution in [2.24, 2.45) is 0 Å². The Labute approximate surface area is 165 Å². The van der Waals surface area contributed by atoms with Crippen molar-refractivity contribution in [2.75, 3.05) is 31.1 Å². The van der Waals surface area contributed by atoms with Crippen LogP contribution in [0, 0.1) is 17.0 Å². The van der Waals surface area contributed by atoms with Gasteiger partial charge in [0.25, 0.3) is 11.6 Å². The summed E-state index contributed by atoms with van der Waals surface area (Å²) in [6, 6.07) is 6.40. The number of hydrogen-bond donors (Lipinski definition) is 0. The van der Waals surface area contributed by atoms with Gasteiger partial charge in [-0.2, -0.15) is 5.10 Å². The van der Waals surface area contributed by atoms with Crippen molar-refractivity contribution in [3.05, 3.63) is 64.5 Å². The Morgan fingerprint density at radius 1 is 1.07 bits per heavy atom. The minimum atomic E-state index is -0.466. The van der Waals surface area contributed by atoms with E-state index in [0.29, 0.717) is 43.1 Å². The summed E-state index contributed by atoms with van der Waals surface area (Å²) in [6.45, 7) is 3.81. The highest BCUT2D eigenvalue weighted by Crippen LogP contribution is 2.21. The standard InChI is InChI=1S/C18H18N8O3/c1-13-2-3-14(8-15(13)26(28)29)18(27)24-6-4-23(5-7-24)16-9-17(21-11-20-16)25-12-19-10-22-25/h2-3,8-12H,4-7H2,1H3. The molecule has 3 heterocycles. The molecule has 0 radical (unpaired) electrons. The van der Waals surface area contributed by atoms with Gasteiger partial charge < -0.3 is 9.80 Å². The molecular formula is C18H18N8O3. The molecule has 2 aromatic heterocycles. The summed E-state index contributed by atoms with van der Waals surface area (Å²) in [7, 11) is 0. The maximum atomic E-state index is 12.8. The number of benzene rings is 1. The van der Waals surface area contributed by atoms with E-state index < -0.39 is 4.92 Å². The van der Waals surface area contributed by atoms with E-state index in [9.17, 15) is 14.9 Å². The van der Waals surface area contributed by atoms with Crippen LogP contribution in [-0.2, 0) is 0 Å². The third kappa shape index (κ3) is 3.74. The van der Waals surface area contributed by atoms with Crippen LogP contribution in [0.5, 0.6) is 0 Å². The highest BCUT2D eigenvalue weighted by Gasteiger charge is 2.25. The van der Waals surface area contributed by atoms with Gasteiger partial charge in [-0.15, -0.1) is 0 Å². The lowest BCUT2D eigenvalue weighted by Gasteiger charge is -2.35. The Bertz CT molecular complexity index is 1050. The zero-order valence-corrected chi connectivity index (χ0v) is 15.7. The summed E-state index contributed by atoms with van der Waals surface area (Å²) < 4.78 is 1.55. The van der Waals surface area contributed by atoms with Crippen LogP contribution in [0.2, 0.25) is 0 Å². The lowest BCUT2D eigenvalue weighted by molar-refractivity contribution is -0.385. The van der Waals surface area contributed by atoms with Gasteiger partial charge in [0.2, 0.25) is 0 Å². The van der Waals surface area contributed by atoms with E-state index in [2.05, 4.69) is 25.0 Å². The van der Waals surface area contributed by atoms with Crippen LogP contribution in [0.15, 0.2) is 43.2 Å². The van der Waals surface area contributed by atoms with Crippen molar-refractivity contribution in [3.63, 3.8) is 0 Å². The van der Waals surface area contributed by atoms with Crippen LogP contribution in [-0.4, -0.2) is 66.6 Å². The molecule has 0 bridgehead atoms. The summed E-state index contributed by atoms with van der Waals surface area (Å²) in [4.78, 5) is 39.6. The molecule has 0 aliphatic carbocycles. The van der Waals surface area contributed by atoms with Crippen LogP contribution >= 0.6 is 0 Å². The van der Waals surface area contributed by atoms with Crippen molar-refractivity contribution < 1.29 is 9.72 Å². The average Bonchev–Trinajstić information content (AvgIpc) is 3.29. The molecule has 1 saturated heterocycles. The first kappa shape index (κ1) is 18.5. The van der Waals surface area contributed by atoms with Gasteiger partial charge in [-0.05, 0) is 13.0 Å². The second-order valence-corrected chi connectivity index (χ2v) is 6.61. The molecule has 4 rings (SSSR count). The molecule has 1 aliphatic heterocycles. The maximum absolute atomic E-state index is 12.8. The number of anilines is 1. The van der Waals surface area contributed by atoms with Gasteiger partial charge in [-0.25, -0.2) is 19.6 Å². The van der Waals surface area contributed by atoms with Crippen molar-refractivity contribution in [1.29, 1.82) is 0 Å². The molecule has 1 fully saturated rings. The zero-order chi connectivity index (χ0) is 20.4. The van der Waals surface area contributed by atoms with Crippen LogP contribution in [0.1, 0.15) is 15.9 Å². The van der Waals surface area contributed by atoms with Gasteiger partial charge >= 0.3 is 0 Å². The fourth-order valence-electron chi connectivity index (χ4n) is 3.22. The molecule has 0 unspecified atom stereocenters. The predicted molar refractivity (Wildman–Crippen MR) is 103 cm³/mol. The molecule has 0 atom stereocenters. The van der Waals surface area contributed by atoms with E-state index in [-0.39, 0.29) is 11.6 Å². The number of rotatable bonds is 4. The average molecular weight is 394 g/mol. The Morgan fingerprint density at radius 2 is 1.83 bits per heavy atom. The first-order chi connectivity index (χ1) is 14.0. The second-order valence-electron chi connectivity index (χ2n) is 6.61. The largest absolute Gasteiger partial charge is 0.353 e. The molecule has 29 heavy (non-hydrogen) atoms. The second kappa shape index (κ2) is 7.62. The molecule has 0 spiro atoms. The molecule has 1 aromatic carbocycles. The molecule has 1 aliphatic rings. The summed E-state index contributed by atoms with van der Waals surface area (Å²) in [5.41, 5.74) is 0.811. The normalized spacial score (nSPS) is 14.1. The SMILES string of the molecule is Cc1ccc(C(=O)N2CCN(c3cc(-n4cncn4)ncn3)CC2)cc1[N+](=O)[O-]. The number of amides is 1. The molecule has 1 amide bonds. The monoisotopic (exact) mass is 394 g/mol. The van der Waals surface area contributed by atoms with Gasteiger partial charge in [0.05, 0.1) is 4.92 Å². The van der Waals surface area contributed by atoms with Crippen LogP contribution < -0.4 is 4.90 Å². The van der Waals surface area contributed by atoms with E-state index in [4.69, 9.17) is 0 Å². The fourth-order valence-corrected chi connectivity index (χ4v) is 3.22. The fraction of sp³-hybridized carbons (Fsp3) is 0.278. The number of carbonyl (C=O) groups excluding carboxylic acids is 1. The van der Waals surface area contributed by atoms with Gasteiger partial charge in [0.1, 0.15) is 24.8 Å². The Balaban J connectivity index is 1.45. The predicted octanol–water partition coefficient (Wildman–Crippen LogP) is 1.24. The summed E-state index contributed by atoms with van der Waals surface area (Å²) >= 11 is 0. The number of aryl methyl sites for hydroxylation is 1. The third-order valence-corrected chi connectivity index (χ3v) is 4.84. The quantitative estimate of drug-likeness (QED) is 0.478. The van der Waals surface area contributed by atoms with Crippen LogP contribution in [0.25, 0.3) is 5.82 Å². The zero-order valence-electron chi connectivity index (χ0n) is 15.7. The Morgan fingerprint density at radius 3 is 2.52 bits per heavy atom. The number of nitrogens with zero attached hydrogens (tertiary/aromatic N) is 8. The number of nitro groups is 1. The number of piperazine rings is 1. The molecule has 0 N–H and O–H groups in total. The highest BCUT2D eigenvalue weighted by molar-refractivity contribution is 5.95. The van der Waals surface area contributed by atoms with Gasteiger partial charge in [0, 0.05) is 49.4 Å². The minimum Gasteiger partial charge on any atom is -0.353 e. The maximum Gasteiger partial charge on any atom is 0.273 e. The number of nitro benzene ring substituents is 1. The Hall–Kier alpha value is -3.89. The molecule has 148 valence electrons. The Kier molecular flexibility index (Phi) is 4.85. The lowest BCUT2D eigenvalue weighted by atomic mass is 10.1. The van der Waals surface area contributed by atoms with Crippen molar-refractivity contribution in [3.8, 4) is 5.82 Å². The van der Waals surface area contributed by atoms with E-state index in [1.807, 2.05) is 6.07 Å². The summed E-state index contributed by atoms with van der Waals surface area (Å²) in [6.07, 6.45) is 4.46. The topological polar surface area (TPSA) is 123 Å². The number of carbonyl (C=O) groups is 1. The number of aromatic nitrogens is 5. The van der Waals surface area contributed by atoms with Gasteiger partial charge in [-0.1, -0.05) is 6.07 Å². The minimum absolute atomic E-state index is 0.0453. The molecular weight excluding hydrogens is 376 g/mol. The van der Waals surface area contributed by atoms with E-state index >= 15 is 0 Å².